The van der Waals surface area contributed by atoms with Gasteiger partial charge in [-0.1, -0.05) is 36.5 Å². The zero-order valence-corrected chi connectivity index (χ0v) is 8.70. The summed E-state index contributed by atoms with van der Waals surface area (Å²) < 4.78 is 0. The van der Waals surface area contributed by atoms with E-state index in [4.69, 9.17) is 23.2 Å². The van der Waals surface area contributed by atoms with E-state index in [0.29, 0.717) is 18.1 Å². The number of hydrogen-bond donors (Lipinski definition) is 2. The van der Waals surface area contributed by atoms with E-state index in [0.717, 1.165) is 12.8 Å². The third-order valence-electron chi connectivity index (χ3n) is 1.41. The molecular weight excluding hydrogens is 197 g/mol. The Balaban J connectivity index is 3.30. The molecule has 0 radical (unpaired) electrons. The highest BCUT2D eigenvalue weighted by atomic mass is 35.5. The predicted molar refractivity (Wildman–Crippen MR) is 53.6 cm³/mol. The van der Waals surface area contributed by atoms with Crippen LogP contribution in [0.2, 0.25) is 0 Å². The molecule has 0 saturated carbocycles. The summed E-state index contributed by atoms with van der Waals surface area (Å²) in [6.07, 6.45) is 1.52. The quantitative estimate of drug-likeness (QED) is 0.706. The molecule has 0 heterocycles. The molecule has 4 heteroatoms. The fourth-order valence-corrected chi connectivity index (χ4v) is 1.00. The maximum Gasteiger partial charge on any atom is 0.0664 e. The van der Waals surface area contributed by atoms with Crippen molar-refractivity contribution in [2.24, 2.45) is 0 Å². The SMILES string of the molecule is CCCC(O)CNCC(Cl)=CCl. The summed E-state index contributed by atoms with van der Waals surface area (Å²) in [7, 11) is 0. The third-order valence-corrected chi connectivity index (χ3v) is 2.03. The van der Waals surface area contributed by atoms with Crippen LogP contribution in [0.15, 0.2) is 10.6 Å². The van der Waals surface area contributed by atoms with Crippen molar-refractivity contribution in [3.05, 3.63) is 10.6 Å². The molecule has 0 aliphatic carbocycles. The molecule has 12 heavy (non-hydrogen) atoms. The molecule has 72 valence electrons. The minimum atomic E-state index is -0.283. The van der Waals surface area contributed by atoms with E-state index in [1.54, 1.807) is 0 Å². The molecule has 0 aromatic rings. The van der Waals surface area contributed by atoms with Crippen LogP contribution in [0.3, 0.4) is 0 Å². The summed E-state index contributed by atoms with van der Waals surface area (Å²) in [6, 6.07) is 0. The monoisotopic (exact) mass is 211 g/mol. The lowest BCUT2D eigenvalue weighted by Crippen LogP contribution is -2.27. The van der Waals surface area contributed by atoms with Crippen LogP contribution in [-0.2, 0) is 0 Å². The van der Waals surface area contributed by atoms with Gasteiger partial charge in [0.1, 0.15) is 0 Å². The predicted octanol–water partition coefficient (Wildman–Crippen LogP) is 2.06. The fourth-order valence-electron chi connectivity index (χ4n) is 0.832. The number of nitrogens with one attached hydrogen (secondary N) is 1. The summed E-state index contributed by atoms with van der Waals surface area (Å²) in [6.45, 7) is 3.12. The topological polar surface area (TPSA) is 32.3 Å². The Morgan fingerprint density at radius 2 is 2.33 bits per heavy atom. The van der Waals surface area contributed by atoms with Crippen molar-refractivity contribution in [2.75, 3.05) is 13.1 Å². The number of aliphatic hydroxyl groups is 1. The zero-order valence-electron chi connectivity index (χ0n) is 7.19. The molecule has 0 saturated heterocycles. The lowest BCUT2D eigenvalue weighted by molar-refractivity contribution is 0.162. The maximum atomic E-state index is 9.28. The number of rotatable bonds is 6. The van der Waals surface area contributed by atoms with E-state index < -0.39 is 0 Å². The van der Waals surface area contributed by atoms with Gasteiger partial charge in [0, 0.05) is 23.7 Å². The van der Waals surface area contributed by atoms with Crippen LogP contribution in [0.5, 0.6) is 0 Å². The number of aliphatic hydroxyl groups excluding tert-OH is 1. The number of halogens is 2. The lowest BCUT2D eigenvalue weighted by atomic mass is 10.2. The van der Waals surface area contributed by atoms with Crippen molar-refractivity contribution in [2.45, 2.75) is 25.9 Å². The highest BCUT2D eigenvalue weighted by molar-refractivity contribution is 6.36. The van der Waals surface area contributed by atoms with Gasteiger partial charge in [-0.15, -0.1) is 0 Å². The van der Waals surface area contributed by atoms with Gasteiger partial charge < -0.3 is 10.4 Å². The van der Waals surface area contributed by atoms with Gasteiger partial charge in [0.2, 0.25) is 0 Å². The first kappa shape index (κ1) is 12.2. The largest absolute Gasteiger partial charge is 0.392 e. The molecular formula is C8H15Cl2NO. The summed E-state index contributed by atoms with van der Waals surface area (Å²) >= 11 is 10.9. The molecule has 0 aliphatic heterocycles. The minimum Gasteiger partial charge on any atom is -0.392 e. The lowest BCUT2D eigenvalue weighted by Gasteiger charge is -2.09. The Labute approximate surface area is 83.6 Å². The normalized spacial score (nSPS) is 14.8. The first-order chi connectivity index (χ1) is 5.70. The van der Waals surface area contributed by atoms with Crippen molar-refractivity contribution < 1.29 is 5.11 Å². The minimum absolute atomic E-state index is 0.283. The molecule has 0 fully saturated rings. The summed E-state index contributed by atoms with van der Waals surface area (Å²) in [5, 5.41) is 12.8. The molecule has 1 atom stereocenters. The average molecular weight is 212 g/mol. The van der Waals surface area contributed by atoms with Crippen molar-refractivity contribution in [1.82, 2.24) is 5.32 Å². The zero-order chi connectivity index (χ0) is 9.40. The van der Waals surface area contributed by atoms with Crippen LogP contribution in [-0.4, -0.2) is 24.3 Å². The summed E-state index contributed by atoms with van der Waals surface area (Å²) in [5.41, 5.74) is 1.32. The molecule has 0 bridgehead atoms. The van der Waals surface area contributed by atoms with Crippen LogP contribution in [0.4, 0.5) is 0 Å². The van der Waals surface area contributed by atoms with Gasteiger partial charge in [-0.25, -0.2) is 0 Å². The van der Waals surface area contributed by atoms with Crippen LogP contribution in [0.25, 0.3) is 0 Å². The Kier molecular flexibility index (Phi) is 8.02. The number of hydrogen-bond acceptors (Lipinski definition) is 2. The second-order valence-electron chi connectivity index (χ2n) is 2.63. The van der Waals surface area contributed by atoms with E-state index in [2.05, 4.69) is 5.32 Å². The fraction of sp³-hybridized carbons (Fsp3) is 0.750. The first-order valence-corrected chi connectivity index (χ1v) is 4.85. The molecule has 0 amide bonds. The van der Waals surface area contributed by atoms with E-state index in [9.17, 15) is 5.11 Å². The highest BCUT2D eigenvalue weighted by Crippen LogP contribution is 2.00. The standard InChI is InChI=1S/C8H15Cl2NO/c1-2-3-8(12)6-11-5-7(10)4-9/h4,8,11-12H,2-3,5-6H2,1H3. The van der Waals surface area contributed by atoms with E-state index in [1.807, 2.05) is 6.92 Å². The van der Waals surface area contributed by atoms with Gasteiger partial charge in [0.15, 0.2) is 0 Å². The average Bonchev–Trinajstić information content (AvgIpc) is 2.04. The van der Waals surface area contributed by atoms with Gasteiger partial charge in [-0.2, -0.15) is 0 Å². The van der Waals surface area contributed by atoms with Gasteiger partial charge in [0.05, 0.1) is 6.10 Å². The van der Waals surface area contributed by atoms with Crippen LogP contribution < -0.4 is 5.32 Å². The van der Waals surface area contributed by atoms with Crippen LogP contribution in [0, 0.1) is 0 Å². The molecule has 0 spiro atoms. The Morgan fingerprint density at radius 3 is 2.83 bits per heavy atom. The van der Waals surface area contributed by atoms with Gasteiger partial charge in [-0.05, 0) is 6.42 Å². The highest BCUT2D eigenvalue weighted by Gasteiger charge is 2.01. The maximum absolute atomic E-state index is 9.28. The summed E-state index contributed by atoms with van der Waals surface area (Å²) in [4.78, 5) is 0. The first-order valence-electron chi connectivity index (χ1n) is 4.04. The second-order valence-corrected chi connectivity index (χ2v) is 3.33. The van der Waals surface area contributed by atoms with Gasteiger partial charge in [-0.3, -0.25) is 0 Å². The van der Waals surface area contributed by atoms with Crippen LogP contribution in [0.1, 0.15) is 19.8 Å². The van der Waals surface area contributed by atoms with Crippen molar-refractivity contribution >= 4 is 23.2 Å². The van der Waals surface area contributed by atoms with E-state index >= 15 is 0 Å². The van der Waals surface area contributed by atoms with Crippen molar-refractivity contribution in [1.29, 1.82) is 0 Å². The smallest absolute Gasteiger partial charge is 0.0664 e. The molecule has 0 aromatic heterocycles. The van der Waals surface area contributed by atoms with Crippen LogP contribution >= 0.6 is 23.2 Å². The molecule has 2 N–H and O–H groups in total. The molecule has 0 aliphatic rings. The van der Waals surface area contributed by atoms with Gasteiger partial charge in [0.25, 0.3) is 0 Å². The second kappa shape index (κ2) is 7.87. The Morgan fingerprint density at radius 1 is 1.67 bits per heavy atom. The molecule has 0 rings (SSSR count). The molecule has 0 aromatic carbocycles. The Hall–Kier alpha value is 0.240. The third kappa shape index (κ3) is 6.92. The van der Waals surface area contributed by atoms with Crippen molar-refractivity contribution in [3.63, 3.8) is 0 Å². The van der Waals surface area contributed by atoms with Gasteiger partial charge >= 0.3 is 0 Å². The van der Waals surface area contributed by atoms with E-state index in [1.165, 1.54) is 5.54 Å². The summed E-state index contributed by atoms with van der Waals surface area (Å²) in [5.74, 6) is 0. The van der Waals surface area contributed by atoms with Crippen molar-refractivity contribution in [3.8, 4) is 0 Å². The van der Waals surface area contributed by atoms with E-state index in [-0.39, 0.29) is 6.10 Å². The molecule has 1 unspecified atom stereocenters. The Bertz CT molecular complexity index is 139. The molecule has 2 nitrogen and oxygen atoms in total.